The molecule has 1 aromatic rings. The van der Waals surface area contributed by atoms with Crippen LogP contribution in [0, 0.1) is 0 Å². The maximum Gasteiger partial charge on any atom is 0.271 e. The molecule has 7 nitrogen and oxygen atoms in total. The molecule has 0 aliphatic carbocycles. The van der Waals surface area contributed by atoms with Crippen LogP contribution in [-0.4, -0.2) is 34.2 Å². The van der Waals surface area contributed by atoms with E-state index in [-0.39, 0.29) is 17.9 Å². The second-order valence-corrected chi connectivity index (χ2v) is 4.09. The van der Waals surface area contributed by atoms with Gasteiger partial charge in [-0.3, -0.25) is 14.3 Å². The number of hydrogen-bond donors (Lipinski definition) is 3. The van der Waals surface area contributed by atoms with E-state index in [1.54, 1.807) is 7.05 Å². The normalized spacial score (nSPS) is 19.8. The Hall–Kier alpha value is -2.05. The van der Waals surface area contributed by atoms with E-state index < -0.39 is 0 Å². The molecule has 2 rings (SSSR count). The lowest BCUT2D eigenvalue weighted by atomic mass is 10.1. The Labute approximate surface area is 98.4 Å². The standard InChI is InChI=1S/C10H15N5O2/c1-15-9(7(11)5-13-15)10(17)14-6-2-3-8(16)12-4-6/h5-6H,2-4,11H2,1H3,(H,12,16)(H,14,17). The lowest BCUT2D eigenvalue weighted by Crippen LogP contribution is -2.48. The van der Waals surface area contributed by atoms with Crippen LogP contribution in [0.2, 0.25) is 0 Å². The summed E-state index contributed by atoms with van der Waals surface area (Å²) in [6, 6.07) is -0.0468. The summed E-state index contributed by atoms with van der Waals surface area (Å²) in [7, 11) is 1.66. The van der Waals surface area contributed by atoms with Crippen LogP contribution in [-0.2, 0) is 11.8 Å². The molecule has 1 aromatic heterocycles. The van der Waals surface area contributed by atoms with Gasteiger partial charge in [-0.05, 0) is 6.42 Å². The van der Waals surface area contributed by atoms with Crippen molar-refractivity contribution >= 4 is 17.5 Å². The maximum absolute atomic E-state index is 11.9. The first-order valence-electron chi connectivity index (χ1n) is 5.43. The largest absolute Gasteiger partial charge is 0.396 e. The first-order chi connectivity index (χ1) is 8.08. The minimum atomic E-state index is -0.261. The van der Waals surface area contributed by atoms with E-state index in [0.29, 0.717) is 30.8 Å². The molecule has 0 spiro atoms. The molecule has 2 heterocycles. The average Bonchev–Trinajstić information content (AvgIpc) is 2.62. The van der Waals surface area contributed by atoms with Gasteiger partial charge in [-0.15, -0.1) is 0 Å². The van der Waals surface area contributed by atoms with E-state index in [1.807, 2.05) is 0 Å². The van der Waals surface area contributed by atoms with E-state index in [0.717, 1.165) is 0 Å². The summed E-state index contributed by atoms with van der Waals surface area (Å²) in [5, 5.41) is 9.44. The highest BCUT2D eigenvalue weighted by Gasteiger charge is 2.22. The van der Waals surface area contributed by atoms with Crippen molar-refractivity contribution in [2.24, 2.45) is 7.05 Å². The molecule has 92 valence electrons. The quantitative estimate of drug-likeness (QED) is 0.614. The number of rotatable bonds is 2. The van der Waals surface area contributed by atoms with Crippen LogP contribution in [0.4, 0.5) is 5.69 Å². The van der Waals surface area contributed by atoms with E-state index >= 15 is 0 Å². The van der Waals surface area contributed by atoms with Crippen LogP contribution >= 0.6 is 0 Å². The van der Waals surface area contributed by atoms with Crippen LogP contribution in [0.15, 0.2) is 6.20 Å². The van der Waals surface area contributed by atoms with Crippen LogP contribution < -0.4 is 16.4 Å². The average molecular weight is 237 g/mol. The number of anilines is 1. The fourth-order valence-corrected chi connectivity index (χ4v) is 1.84. The van der Waals surface area contributed by atoms with Crippen molar-refractivity contribution in [1.29, 1.82) is 0 Å². The second kappa shape index (κ2) is 4.44. The highest BCUT2D eigenvalue weighted by Crippen LogP contribution is 2.10. The summed E-state index contributed by atoms with van der Waals surface area (Å²) in [5.74, 6) is -0.237. The lowest BCUT2D eigenvalue weighted by Gasteiger charge is -2.23. The molecule has 4 N–H and O–H groups in total. The van der Waals surface area contributed by atoms with Crippen molar-refractivity contribution in [3.63, 3.8) is 0 Å². The van der Waals surface area contributed by atoms with Crippen molar-refractivity contribution in [3.8, 4) is 0 Å². The molecule has 0 bridgehead atoms. The van der Waals surface area contributed by atoms with Gasteiger partial charge in [-0.1, -0.05) is 0 Å². The van der Waals surface area contributed by atoms with Crippen molar-refractivity contribution in [1.82, 2.24) is 20.4 Å². The van der Waals surface area contributed by atoms with Crippen molar-refractivity contribution < 1.29 is 9.59 Å². The molecule has 1 saturated heterocycles. The van der Waals surface area contributed by atoms with Crippen LogP contribution in [0.3, 0.4) is 0 Å². The molecule has 1 atom stereocenters. The van der Waals surface area contributed by atoms with E-state index in [9.17, 15) is 9.59 Å². The van der Waals surface area contributed by atoms with E-state index in [4.69, 9.17) is 5.73 Å². The third-order valence-electron chi connectivity index (χ3n) is 2.78. The van der Waals surface area contributed by atoms with E-state index in [2.05, 4.69) is 15.7 Å². The molecule has 17 heavy (non-hydrogen) atoms. The number of hydrogen-bond acceptors (Lipinski definition) is 4. The highest BCUT2D eigenvalue weighted by atomic mass is 16.2. The van der Waals surface area contributed by atoms with Gasteiger partial charge >= 0.3 is 0 Å². The van der Waals surface area contributed by atoms with Gasteiger partial charge < -0.3 is 16.4 Å². The summed E-state index contributed by atoms with van der Waals surface area (Å²) in [5.41, 5.74) is 6.36. The summed E-state index contributed by atoms with van der Waals surface area (Å²) in [4.78, 5) is 22.9. The lowest BCUT2D eigenvalue weighted by molar-refractivity contribution is -0.122. The molecule has 1 unspecified atom stereocenters. The smallest absolute Gasteiger partial charge is 0.271 e. The van der Waals surface area contributed by atoms with Gasteiger partial charge in [0.05, 0.1) is 11.9 Å². The second-order valence-electron chi connectivity index (χ2n) is 4.09. The summed E-state index contributed by atoms with van der Waals surface area (Å²) in [6.07, 6.45) is 2.53. The first-order valence-corrected chi connectivity index (χ1v) is 5.43. The number of aryl methyl sites for hydroxylation is 1. The number of nitrogen functional groups attached to an aromatic ring is 1. The van der Waals surface area contributed by atoms with Crippen molar-refractivity contribution in [2.45, 2.75) is 18.9 Å². The number of nitrogens with one attached hydrogen (secondary N) is 2. The Bertz CT molecular complexity index is 424. The molecule has 0 radical (unpaired) electrons. The molecule has 2 amide bonds. The Balaban J connectivity index is 2.00. The fourth-order valence-electron chi connectivity index (χ4n) is 1.84. The number of carbonyl (C=O) groups excluding carboxylic acids is 2. The number of aromatic nitrogens is 2. The Kier molecular flexibility index (Phi) is 2.99. The van der Waals surface area contributed by atoms with Crippen LogP contribution in [0.25, 0.3) is 0 Å². The minimum Gasteiger partial charge on any atom is -0.396 e. The number of piperidine rings is 1. The molecule has 7 heteroatoms. The topological polar surface area (TPSA) is 102 Å². The first kappa shape index (κ1) is 11.4. The molecular formula is C10H15N5O2. The molecule has 0 saturated carbocycles. The zero-order valence-corrected chi connectivity index (χ0v) is 9.56. The van der Waals surface area contributed by atoms with Gasteiger partial charge in [0.2, 0.25) is 5.91 Å². The predicted octanol–water partition coefficient (Wildman–Crippen LogP) is -0.989. The van der Waals surface area contributed by atoms with Gasteiger partial charge in [0, 0.05) is 26.1 Å². The number of nitrogens with two attached hydrogens (primary N) is 1. The Morgan fingerprint density at radius 1 is 1.71 bits per heavy atom. The number of amides is 2. The summed E-state index contributed by atoms with van der Waals surface area (Å²) < 4.78 is 1.44. The fraction of sp³-hybridized carbons (Fsp3) is 0.500. The van der Waals surface area contributed by atoms with Crippen LogP contribution in [0.1, 0.15) is 23.3 Å². The Morgan fingerprint density at radius 2 is 2.47 bits per heavy atom. The third-order valence-corrected chi connectivity index (χ3v) is 2.78. The number of carbonyl (C=O) groups is 2. The monoisotopic (exact) mass is 237 g/mol. The van der Waals surface area contributed by atoms with Crippen molar-refractivity contribution in [3.05, 3.63) is 11.9 Å². The van der Waals surface area contributed by atoms with Gasteiger partial charge in [-0.25, -0.2) is 0 Å². The summed E-state index contributed by atoms with van der Waals surface area (Å²) in [6.45, 7) is 0.461. The Morgan fingerprint density at radius 3 is 3.00 bits per heavy atom. The minimum absolute atomic E-state index is 0.0237. The molecule has 1 aliphatic rings. The SMILES string of the molecule is Cn1ncc(N)c1C(=O)NC1CCC(=O)NC1. The molecule has 1 fully saturated rings. The summed E-state index contributed by atoms with van der Waals surface area (Å²) >= 11 is 0. The van der Waals surface area contributed by atoms with Gasteiger partial charge in [-0.2, -0.15) is 5.10 Å². The van der Waals surface area contributed by atoms with Gasteiger partial charge in [0.1, 0.15) is 5.69 Å². The number of nitrogens with zero attached hydrogens (tertiary/aromatic N) is 2. The molecule has 1 aliphatic heterocycles. The van der Waals surface area contributed by atoms with E-state index in [1.165, 1.54) is 10.9 Å². The third kappa shape index (κ3) is 2.38. The van der Waals surface area contributed by atoms with Gasteiger partial charge in [0.15, 0.2) is 0 Å². The maximum atomic E-state index is 11.9. The zero-order valence-electron chi connectivity index (χ0n) is 9.56. The van der Waals surface area contributed by atoms with Gasteiger partial charge in [0.25, 0.3) is 5.91 Å². The van der Waals surface area contributed by atoms with Crippen LogP contribution in [0.5, 0.6) is 0 Å². The molecular weight excluding hydrogens is 222 g/mol. The highest BCUT2D eigenvalue weighted by molar-refractivity contribution is 5.97. The molecule has 0 aromatic carbocycles. The predicted molar refractivity (Wildman–Crippen MR) is 61.1 cm³/mol. The van der Waals surface area contributed by atoms with Crippen molar-refractivity contribution in [2.75, 3.05) is 12.3 Å². The zero-order chi connectivity index (χ0) is 12.4.